The topological polar surface area (TPSA) is 13.1 Å². The number of hydrogen-bond acceptors (Lipinski definition) is 1. The van der Waals surface area contributed by atoms with Crippen LogP contribution in [0.5, 0.6) is 0 Å². The van der Waals surface area contributed by atoms with Crippen LogP contribution in [0.25, 0.3) is 95.0 Å². The van der Waals surface area contributed by atoms with Gasteiger partial charge in [-0.15, -0.1) is 0 Å². The van der Waals surface area contributed by atoms with E-state index in [2.05, 4.69) is 300 Å². The van der Waals surface area contributed by atoms with Crippen molar-refractivity contribution in [1.29, 1.82) is 0 Å². The predicted octanol–water partition coefficient (Wildman–Crippen LogP) is 22.1. The van der Waals surface area contributed by atoms with Gasteiger partial charge in [0.25, 0.3) is 0 Å². The van der Waals surface area contributed by atoms with Crippen molar-refractivity contribution in [3.63, 3.8) is 0 Å². The van der Waals surface area contributed by atoms with Gasteiger partial charge in [0.1, 0.15) is 0 Å². The number of aromatic nitrogens is 2. The van der Waals surface area contributed by atoms with Gasteiger partial charge in [-0.2, -0.15) is 0 Å². The summed E-state index contributed by atoms with van der Waals surface area (Å²) in [5.41, 5.74) is 25.7. The van der Waals surface area contributed by atoms with Crippen LogP contribution < -0.4 is 4.90 Å². The number of allylic oxidation sites excluding steroid dienone is 4. The van der Waals surface area contributed by atoms with E-state index in [1.807, 2.05) is 12.2 Å². The van der Waals surface area contributed by atoms with Crippen molar-refractivity contribution in [3.8, 4) is 33.6 Å². The van der Waals surface area contributed by atoms with E-state index in [1.165, 1.54) is 111 Å². The average molecular weight is 1090 g/mol. The molecule has 85 heavy (non-hydrogen) atoms. The monoisotopic (exact) mass is 1090 g/mol. The molecule has 0 atom stereocenters. The van der Waals surface area contributed by atoms with Crippen molar-refractivity contribution in [1.82, 2.24) is 9.13 Å². The molecular weight excluding hydrogens is 1030 g/mol. The summed E-state index contributed by atoms with van der Waals surface area (Å²) in [5, 5.41) is 5.01. The molecule has 14 rings (SSSR count). The van der Waals surface area contributed by atoms with Gasteiger partial charge in [0.05, 0.1) is 22.1 Å². The summed E-state index contributed by atoms with van der Waals surface area (Å²) < 4.78 is 4.85. The van der Waals surface area contributed by atoms with Gasteiger partial charge in [-0.1, -0.05) is 201 Å². The molecule has 0 unspecified atom stereocenters. The zero-order valence-electron chi connectivity index (χ0n) is 48.0. The first-order chi connectivity index (χ1) is 42.0. The molecule has 11 aromatic carbocycles. The number of hydrogen-bond donors (Lipinski definition) is 0. The molecule has 0 amide bonds. The Hall–Kier alpha value is -10.2. The summed E-state index contributed by atoms with van der Waals surface area (Å²) in [7, 11) is 0. The van der Waals surface area contributed by atoms with Crippen molar-refractivity contribution in [2.75, 3.05) is 4.90 Å². The molecule has 0 radical (unpaired) electrons. The van der Waals surface area contributed by atoms with Crippen LogP contribution in [0.3, 0.4) is 0 Å². The number of para-hydroxylation sites is 2. The van der Waals surface area contributed by atoms with E-state index < -0.39 is 0 Å². The van der Waals surface area contributed by atoms with Crippen LogP contribution in [0.4, 0.5) is 17.1 Å². The summed E-state index contributed by atoms with van der Waals surface area (Å²) in [5.74, 6) is 0. The lowest BCUT2D eigenvalue weighted by atomic mass is 9.97. The second kappa shape index (κ2) is 23.6. The molecule has 1 aliphatic rings. The number of nitrogens with zero attached hydrogens (tertiary/aromatic N) is 3. The van der Waals surface area contributed by atoms with E-state index >= 15 is 0 Å². The highest BCUT2D eigenvalue weighted by Gasteiger charge is 2.20. The highest BCUT2D eigenvalue weighted by molar-refractivity contribution is 6.12. The SMILES string of the molecule is C=Cc1ccc(CCCc2ccc(-n3c4ccccc4c4cc(N(c5ccc(C6=CC=CCC6)cc5)c5ccc(-c6ccc(-c7ccc8c(c7)c7cc(CCCc9ccc(C=C)cc9)ccc7n8-c7ccccc7)cc6)cc5)ccc43)cc2)cc1. The van der Waals surface area contributed by atoms with Crippen LogP contribution in [-0.2, 0) is 25.7 Å². The quantitative estimate of drug-likeness (QED) is 0.0835. The zero-order chi connectivity index (χ0) is 57.1. The molecule has 0 saturated heterocycles. The Morgan fingerprint density at radius 1 is 0.353 bits per heavy atom. The molecule has 0 bridgehead atoms. The number of fused-ring (bicyclic) bond motifs is 6. The van der Waals surface area contributed by atoms with Crippen molar-refractivity contribution >= 4 is 78.4 Å². The van der Waals surface area contributed by atoms with Crippen molar-refractivity contribution in [3.05, 3.63) is 325 Å². The van der Waals surface area contributed by atoms with Gasteiger partial charge in [-0.05, 0) is 215 Å². The molecule has 1 aliphatic carbocycles. The van der Waals surface area contributed by atoms with Gasteiger partial charge in [-0.25, -0.2) is 0 Å². The molecule has 0 spiro atoms. The molecule has 2 heterocycles. The van der Waals surface area contributed by atoms with E-state index in [0.717, 1.165) is 79.6 Å². The third-order valence-corrected chi connectivity index (χ3v) is 17.4. The van der Waals surface area contributed by atoms with Crippen LogP contribution in [0.1, 0.15) is 64.6 Å². The fourth-order valence-electron chi connectivity index (χ4n) is 12.9. The van der Waals surface area contributed by atoms with E-state index in [9.17, 15) is 0 Å². The normalized spacial score (nSPS) is 12.3. The number of benzene rings is 11. The van der Waals surface area contributed by atoms with Gasteiger partial charge in [-0.3, -0.25) is 0 Å². The second-order valence-corrected chi connectivity index (χ2v) is 22.7. The number of anilines is 3. The molecule has 0 N–H and O–H groups in total. The molecule has 3 nitrogen and oxygen atoms in total. The van der Waals surface area contributed by atoms with E-state index in [4.69, 9.17) is 0 Å². The molecule has 0 fully saturated rings. The Morgan fingerprint density at radius 2 is 0.788 bits per heavy atom. The maximum atomic E-state index is 3.92. The largest absolute Gasteiger partial charge is 0.310 e. The number of rotatable bonds is 18. The molecule has 410 valence electrons. The Bertz CT molecular complexity index is 4610. The average Bonchev–Trinajstić information content (AvgIpc) is 2.40. The first-order valence-electron chi connectivity index (χ1n) is 30.2. The van der Waals surface area contributed by atoms with Gasteiger partial charge in [0.2, 0.25) is 0 Å². The minimum Gasteiger partial charge on any atom is -0.310 e. The van der Waals surface area contributed by atoms with Crippen molar-refractivity contribution in [2.45, 2.75) is 51.4 Å². The van der Waals surface area contributed by atoms with E-state index in [-0.39, 0.29) is 0 Å². The van der Waals surface area contributed by atoms with E-state index in [1.54, 1.807) is 0 Å². The molecule has 13 aromatic rings. The van der Waals surface area contributed by atoms with Crippen LogP contribution in [0.2, 0.25) is 0 Å². The molecule has 0 saturated carbocycles. The standard InChI is InChI=1S/C82H67N3/c1-3-58-25-29-60(30-26-58)15-13-16-62-33-45-73(46-34-62)85-79-24-12-11-23-75(79)78-57-74(51-54-82(78)85)83(71-47-40-66(41-48-71)64-19-7-5-8-20-64)72-49-42-67(43-50-72)65-36-38-68(39-37-65)69-44-53-81-77(56-69)76-55-63(18-14-17-61-31-27-59(4-2)28-32-61)35-52-80(76)84(81)70-21-9-6-10-22-70/h3-7,9-12,19,21-57H,1-2,8,13-18,20H2. The summed E-state index contributed by atoms with van der Waals surface area (Å²) in [6, 6.07) is 94.9. The van der Waals surface area contributed by atoms with Gasteiger partial charge in [0.15, 0.2) is 0 Å². The van der Waals surface area contributed by atoms with Crippen LogP contribution in [0.15, 0.2) is 286 Å². The highest BCUT2D eigenvalue weighted by Crippen LogP contribution is 2.42. The minimum atomic E-state index is 1.02. The lowest BCUT2D eigenvalue weighted by molar-refractivity contribution is 0.820. The van der Waals surface area contributed by atoms with Gasteiger partial charge >= 0.3 is 0 Å². The molecular formula is C82H67N3. The third-order valence-electron chi connectivity index (χ3n) is 17.4. The first-order valence-corrected chi connectivity index (χ1v) is 30.2. The molecule has 3 heteroatoms. The van der Waals surface area contributed by atoms with Crippen molar-refractivity contribution in [2.24, 2.45) is 0 Å². The van der Waals surface area contributed by atoms with Gasteiger partial charge < -0.3 is 14.0 Å². The van der Waals surface area contributed by atoms with Crippen LogP contribution >= 0.6 is 0 Å². The summed E-state index contributed by atoms with van der Waals surface area (Å²) in [4.78, 5) is 2.41. The van der Waals surface area contributed by atoms with Crippen LogP contribution in [0, 0.1) is 0 Å². The lowest BCUT2D eigenvalue weighted by Crippen LogP contribution is -2.10. The fraction of sp³-hybridized carbons (Fsp3) is 0.0976. The Kier molecular flexibility index (Phi) is 14.6. The Balaban J connectivity index is 0.755. The summed E-state index contributed by atoms with van der Waals surface area (Å²) in [6.07, 6.45) is 19.0. The fourth-order valence-corrected chi connectivity index (χ4v) is 12.9. The zero-order valence-corrected chi connectivity index (χ0v) is 48.0. The Morgan fingerprint density at radius 3 is 1.38 bits per heavy atom. The molecule has 2 aromatic heterocycles. The smallest absolute Gasteiger partial charge is 0.0542 e. The second-order valence-electron chi connectivity index (χ2n) is 22.7. The highest BCUT2D eigenvalue weighted by atomic mass is 15.1. The summed E-state index contributed by atoms with van der Waals surface area (Å²) in [6.45, 7) is 7.82. The maximum Gasteiger partial charge on any atom is 0.0542 e. The first kappa shape index (κ1) is 52.8. The lowest BCUT2D eigenvalue weighted by Gasteiger charge is -2.26. The Labute approximate surface area is 499 Å². The predicted molar refractivity (Wildman–Crippen MR) is 364 cm³/mol. The number of aryl methyl sites for hydroxylation is 4. The minimum absolute atomic E-state index is 1.02. The van der Waals surface area contributed by atoms with Crippen molar-refractivity contribution < 1.29 is 0 Å². The third kappa shape index (κ3) is 10.8. The van der Waals surface area contributed by atoms with Gasteiger partial charge in [0, 0.05) is 50.0 Å². The molecule has 0 aliphatic heterocycles. The summed E-state index contributed by atoms with van der Waals surface area (Å²) >= 11 is 0. The van der Waals surface area contributed by atoms with Crippen LogP contribution in [-0.4, -0.2) is 9.13 Å². The maximum absolute atomic E-state index is 3.92. The van der Waals surface area contributed by atoms with E-state index in [0.29, 0.717) is 0 Å².